The van der Waals surface area contributed by atoms with Crippen molar-refractivity contribution in [1.82, 2.24) is 4.98 Å². The number of aryl methyl sites for hydroxylation is 1. The molecule has 0 bridgehead atoms. The molecule has 160 valence electrons. The second kappa shape index (κ2) is 11.1. The summed E-state index contributed by atoms with van der Waals surface area (Å²) in [5, 5.41) is 6.54. The number of nitrogens with zero attached hydrogens (tertiary/aromatic N) is 1. The molecule has 0 unspecified atom stereocenters. The van der Waals surface area contributed by atoms with Crippen LogP contribution in [0.25, 0.3) is 11.3 Å². The van der Waals surface area contributed by atoms with Crippen LogP contribution in [0.1, 0.15) is 61.0 Å². The molecule has 4 nitrogen and oxygen atoms in total. The zero-order valence-corrected chi connectivity index (χ0v) is 19.9. The van der Waals surface area contributed by atoms with Crippen LogP contribution < -0.4 is 10.1 Å². The van der Waals surface area contributed by atoms with Gasteiger partial charge in [-0.15, -0.1) is 11.3 Å². The molecule has 0 saturated carbocycles. The Morgan fingerprint density at radius 3 is 2.43 bits per heavy atom. The Labute approximate surface area is 188 Å². The second-order valence-corrected chi connectivity index (χ2v) is 8.56. The Balaban J connectivity index is 0.00000101. The van der Waals surface area contributed by atoms with Gasteiger partial charge in [0.15, 0.2) is 0 Å². The third-order valence-corrected chi connectivity index (χ3v) is 5.65. The lowest BCUT2D eigenvalue weighted by Gasteiger charge is -2.10. The van der Waals surface area contributed by atoms with Gasteiger partial charge in [-0.1, -0.05) is 45.7 Å². The number of anilines is 1. The molecule has 0 atom stereocenters. The Hall–Kier alpha value is -2.37. The molecule has 0 saturated heterocycles. The quantitative estimate of drug-likeness (QED) is 0.441. The molecule has 2 aromatic carbocycles. The minimum atomic E-state index is -0.185. The molecule has 1 heterocycles. The van der Waals surface area contributed by atoms with Gasteiger partial charge in [-0.25, -0.2) is 4.98 Å². The minimum Gasteiger partial charge on any atom is -0.497 e. The summed E-state index contributed by atoms with van der Waals surface area (Å²) in [5.41, 5.74) is 3.80. The molecule has 30 heavy (non-hydrogen) atoms. The van der Waals surface area contributed by atoms with E-state index in [-0.39, 0.29) is 5.91 Å². The van der Waals surface area contributed by atoms with Crippen LogP contribution in [-0.2, 0) is 0 Å². The average molecular weight is 445 g/mol. The van der Waals surface area contributed by atoms with E-state index in [1.54, 1.807) is 36.6 Å². The molecule has 0 spiro atoms. The number of amides is 1. The van der Waals surface area contributed by atoms with Crippen molar-refractivity contribution >= 4 is 34.5 Å². The highest BCUT2D eigenvalue weighted by Gasteiger charge is 2.13. The maximum atomic E-state index is 12.6. The maximum absolute atomic E-state index is 12.6. The Bertz CT molecular complexity index is 999. The Kier molecular flexibility index (Phi) is 8.88. The van der Waals surface area contributed by atoms with E-state index in [1.165, 1.54) is 6.42 Å². The topological polar surface area (TPSA) is 51.2 Å². The highest BCUT2D eigenvalue weighted by molar-refractivity contribution is 7.10. The summed E-state index contributed by atoms with van der Waals surface area (Å²) in [4.78, 5) is 17.2. The van der Waals surface area contributed by atoms with E-state index in [2.05, 4.69) is 38.0 Å². The van der Waals surface area contributed by atoms with Crippen LogP contribution >= 0.6 is 22.9 Å². The number of carbonyl (C=O) groups excluding carboxylic acids is 1. The summed E-state index contributed by atoms with van der Waals surface area (Å²) >= 11 is 8.08. The Morgan fingerprint density at radius 1 is 1.20 bits per heavy atom. The van der Waals surface area contributed by atoms with E-state index in [0.29, 0.717) is 22.2 Å². The molecular formula is C24H29ClN2O2S. The number of rotatable bonds is 5. The van der Waals surface area contributed by atoms with Gasteiger partial charge in [-0.05, 0) is 48.9 Å². The number of hydrogen-bond donors (Lipinski definition) is 1. The number of carbonyl (C=O) groups is 1. The van der Waals surface area contributed by atoms with E-state index in [0.717, 1.165) is 27.6 Å². The van der Waals surface area contributed by atoms with Crippen LogP contribution in [-0.4, -0.2) is 18.0 Å². The van der Waals surface area contributed by atoms with Gasteiger partial charge in [0.05, 0.1) is 22.8 Å². The molecule has 0 aliphatic heterocycles. The Morgan fingerprint density at radius 2 is 1.90 bits per heavy atom. The number of methoxy groups -OCH3 is 1. The van der Waals surface area contributed by atoms with E-state index < -0.39 is 0 Å². The van der Waals surface area contributed by atoms with Crippen molar-refractivity contribution in [3.05, 3.63) is 62.9 Å². The molecule has 0 radical (unpaired) electrons. The van der Waals surface area contributed by atoms with Crippen molar-refractivity contribution in [1.29, 1.82) is 0 Å². The molecule has 0 aliphatic carbocycles. The first kappa shape index (κ1) is 23.9. The standard InChI is InChI=1S/C21H21ClN2O2S.C3H8/c1-12(2)21-24-19(11-27-21)17-7-5-14(10-18(17)22)23-20(25)16-8-6-15(26-4)9-13(16)3;1-3-2/h5-12H,1-4H3,(H,23,25);3H2,1-2H3. The number of thiazole rings is 1. The lowest BCUT2D eigenvalue weighted by atomic mass is 10.1. The number of aromatic nitrogens is 1. The number of ether oxygens (including phenoxy) is 1. The number of nitrogens with one attached hydrogen (secondary N) is 1. The molecule has 3 aromatic rings. The van der Waals surface area contributed by atoms with Gasteiger partial charge in [-0.3, -0.25) is 4.79 Å². The second-order valence-electron chi connectivity index (χ2n) is 7.26. The summed E-state index contributed by atoms with van der Waals surface area (Å²) in [6.07, 6.45) is 1.25. The van der Waals surface area contributed by atoms with E-state index in [4.69, 9.17) is 16.3 Å². The van der Waals surface area contributed by atoms with Gasteiger partial charge in [0.1, 0.15) is 5.75 Å². The number of halogens is 1. The molecule has 0 aliphatic rings. The zero-order chi connectivity index (χ0) is 22.3. The monoisotopic (exact) mass is 444 g/mol. The molecule has 1 amide bonds. The van der Waals surface area contributed by atoms with Gasteiger partial charge < -0.3 is 10.1 Å². The minimum absolute atomic E-state index is 0.185. The van der Waals surface area contributed by atoms with Crippen molar-refractivity contribution in [3.8, 4) is 17.0 Å². The molecule has 6 heteroatoms. The van der Waals surface area contributed by atoms with Crippen molar-refractivity contribution in [3.63, 3.8) is 0 Å². The molecular weight excluding hydrogens is 416 g/mol. The van der Waals surface area contributed by atoms with Crippen molar-refractivity contribution in [2.75, 3.05) is 12.4 Å². The van der Waals surface area contributed by atoms with Crippen molar-refractivity contribution < 1.29 is 9.53 Å². The normalized spacial score (nSPS) is 10.4. The lowest BCUT2D eigenvalue weighted by Crippen LogP contribution is -2.13. The van der Waals surface area contributed by atoms with Crippen LogP contribution in [0.4, 0.5) is 5.69 Å². The van der Waals surface area contributed by atoms with Crippen molar-refractivity contribution in [2.24, 2.45) is 0 Å². The highest BCUT2D eigenvalue weighted by atomic mass is 35.5. The van der Waals surface area contributed by atoms with Gasteiger partial charge in [0, 0.05) is 28.1 Å². The van der Waals surface area contributed by atoms with Gasteiger partial charge in [0.25, 0.3) is 5.91 Å². The number of hydrogen-bond acceptors (Lipinski definition) is 4. The van der Waals surface area contributed by atoms with Crippen LogP contribution in [0.3, 0.4) is 0 Å². The van der Waals surface area contributed by atoms with Crippen LogP contribution in [0, 0.1) is 6.92 Å². The first-order chi connectivity index (χ1) is 14.3. The van der Waals surface area contributed by atoms with E-state index >= 15 is 0 Å². The fraction of sp³-hybridized carbons (Fsp3) is 0.333. The first-order valence-corrected chi connectivity index (χ1v) is 11.3. The first-order valence-electron chi connectivity index (χ1n) is 10.0. The predicted molar refractivity (Wildman–Crippen MR) is 128 cm³/mol. The fourth-order valence-electron chi connectivity index (χ4n) is 2.69. The van der Waals surface area contributed by atoms with Crippen LogP contribution in [0.5, 0.6) is 5.75 Å². The summed E-state index contributed by atoms with van der Waals surface area (Å²) < 4.78 is 5.18. The predicted octanol–water partition coefficient (Wildman–Crippen LogP) is 7.57. The largest absolute Gasteiger partial charge is 0.497 e. The summed E-state index contributed by atoms with van der Waals surface area (Å²) in [5.74, 6) is 0.920. The third kappa shape index (κ3) is 6.07. The van der Waals surface area contributed by atoms with E-state index in [1.807, 2.05) is 30.5 Å². The molecule has 1 N–H and O–H groups in total. The number of benzene rings is 2. The van der Waals surface area contributed by atoms with Gasteiger partial charge in [-0.2, -0.15) is 0 Å². The zero-order valence-electron chi connectivity index (χ0n) is 18.4. The van der Waals surface area contributed by atoms with Crippen LogP contribution in [0.2, 0.25) is 5.02 Å². The van der Waals surface area contributed by atoms with E-state index in [9.17, 15) is 4.79 Å². The lowest BCUT2D eigenvalue weighted by molar-refractivity contribution is 0.102. The average Bonchev–Trinajstić information content (AvgIpc) is 3.18. The van der Waals surface area contributed by atoms with Crippen molar-refractivity contribution in [2.45, 2.75) is 47.0 Å². The highest BCUT2D eigenvalue weighted by Crippen LogP contribution is 2.33. The fourth-order valence-corrected chi connectivity index (χ4v) is 3.81. The summed E-state index contributed by atoms with van der Waals surface area (Å²) in [6.45, 7) is 10.4. The van der Waals surface area contributed by atoms with Gasteiger partial charge in [0.2, 0.25) is 0 Å². The third-order valence-electron chi connectivity index (χ3n) is 4.20. The summed E-state index contributed by atoms with van der Waals surface area (Å²) in [7, 11) is 1.60. The SMILES string of the molecule is CCC.COc1ccc(C(=O)Nc2ccc(-c3csc(C(C)C)n3)c(Cl)c2)c(C)c1. The molecule has 3 rings (SSSR count). The molecule has 0 fully saturated rings. The smallest absolute Gasteiger partial charge is 0.255 e. The summed E-state index contributed by atoms with van der Waals surface area (Å²) in [6, 6.07) is 10.8. The molecule has 1 aromatic heterocycles. The van der Waals surface area contributed by atoms with Gasteiger partial charge >= 0.3 is 0 Å². The maximum Gasteiger partial charge on any atom is 0.255 e. The van der Waals surface area contributed by atoms with Crippen LogP contribution in [0.15, 0.2) is 41.8 Å².